The summed E-state index contributed by atoms with van der Waals surface area (Å²) in [4.78, 5) is 0. The van der Waals surface area contributed by atoms with Crippen LogP contribution >= 0.6 is 11.8 Å². The van der Waals surface area contributed by atoms with Crippen LogP contribution in [0.25, 0.3) is 5.82 Å². The molecule has 0 saturated carbocycles. The van der Waals surface area contributed by atoms with Crippen molar-refractivity contribution in [2.24, 2.45) is 0 Å². The molecule has 0 aliphatic rings. The second kappa shape index (κ2) is 6.32. The van der Waals surface area contributed by atoms with Crippen LogP contribution in [0.2, 0.25) is 0 Å². The normalized spacial score (nSPS) is 12.3. The Morgan fingerprint density at radius 1 is 1.00 bits per heavy atom. The maximum absolute atomic E-state index is 4.43. The Morgan fingerprint density at radius 3 is 2.36 bits per heavy atom. The first-order valence-electron chi connectivity index (χ1n) is 7.22. The molecular formula is C17H18N4S. The second-order valence-corrected chi connectivity index (χ2v) is 6.60. The standard InChI is InChI=1S/C17H18N4S/c1-12-11-13(2)21(20-12)16-9-10-17(19-18-16)22-14(3)15-7-5-4-6-8-15/h4-11,14H,1-3H3. The van der Waals surface area contributed by atoms with Crippen molar-refractivity contribution in [3.63, 3.8) is 0 Å². The summed E-state index contributed by atoms with van der Waals surface area (Å²) in [5.41, 5.74) is 3.33. The smallest absolute Gasteiger partial charge is 0.175 e. The van der Waals surface area contributed by atoms with Crippen molar-refractivity contribution in [1.82, 2.24) is 20.0 Å². The molecule has 0 fully saturated rings. The zero-order valence-electron chi connectivity index (χ0n) is 12.9. The van der Waals surface area contributed by atoms with E-state index in [0.29, 0.717) is 5.25 Å². The third kappa shape index (κ3) is 3.20. The summed E-state index contributed by atoms with van der Waals surface area (Å²) in [6, 6.07) is 16.4. The van der Waals surface area contributed by atoms with Crippen molar-refractivity contribution < 1.29 is 0 Å². The molecular weight excluding hydrogens is 292 g/mol. The molecule has 1 aromatic carbocycles. The van der Waals surface area contributed by atoms with E-state index in [0.717, 1.165) is 22.2 Å². The van der Waals surface area contributed by atoms with E-state index in [9.17, 15) is 0 Å². The van der Waals surface area contributed by atoms with E-state index in [1.165, 1.54) is 5.56 Å². The zero-order chi connectivity index (χ0) is 15.5. The number of thioether (sulfide) groups is 1. The molecule has 4 nitrogen and oxygen atoms in total. The lowest BCUT2D eigenvalue weighted by molar-refractivity contribution is 0.765. The molecule has 2 heterocycles. The third-order valence-electron chi connectivity index (χ3n) is 3.42. The molecule has 1 atom stereocenters. The Labute approximate surface area is 134 Å². The molecule has 2 aromatic heterocycles. The average molecular weight is 310 g/mol. The van der Waals surface area contributed by atoms with Crippen LogP contribution in [-0.2, 0) is 0 Å². The minimum Gasteiger partial charge on any atom is -0.218 e. The van der Waals surface area contributed by atoms with Gasteiger partial charge in [-0.25, -0.2) is 4.68 Å². The lowest BCUT2D eigenvalue weighted by Gasteiger charge is -2.10. The Morgan fingerprint density at radius 2 is 1.77 bits per heavy atom. The van der Waals surface area contributed by atoms with E-state index in [-0.39, 0.29) is 0 Å². The van der Waals surface area contributed by atoms with Crippen molar-refractivity contribution in [3.8, 4) is 5.82 Å². The largest absolute Gasteiger partial charge is 0.218 e. The zero-order valence-corrected chi connectivity index (χ0v) is 13.7. The molecule has 0 N–H and O–H groups in total. The van der Waals surface area contributed by atoms with Crippen LogP contribution in [0.1, 0.15) is 29.1 Å². The van der Waals surface area contributed by atoms with Crippen LogP contribution in [-0.4, -0.2) is 20.0 Å². The van der Waals surface area contributed by atoms with Gasteiger partial charge in [0, 0.05) is 10.9 Å². The number of hydrogen-bond acceptors (Lipinski definition) is 4. The van der Waals surface area contributed by atoms with Gasteiger partial charge in [0.15, 0.2) is 5.82 Å². The van der Waals surface area contributed by atoms with Gasteiger partial charge in [-0.2, -0.15) is 5.10 Å². The highest BCUT2D eigenvalue weighted by Gasteiger charge is 2.10. The van der Waals surface area contributed by atoms with E-state index in [1.54, 1.807) is 11.8 Å². The molecule has 0 aliphatic heterocycles. The van der Waals surface area contributed by atoms with Gasteiger partial charge in [0.25, 0.3) is 0 Å². The van der Waals surface area contributed by atoms with Crippen LogP contribution in [0.4, 0.5) is 0 Å². The van der Waals surface area contributed by atoms with Gasteiger partial charge < -0.3 is 0 Å². The maximum Gasteiger partial charge on any atom is 0.175 e. The fraction of sp³-hybridized carbons (Fsp3) is 0.235. The molecule has 0 bridgehead atoms. The van der Waals surface area contributed by atoms with Gasteiger partial charge in [0.2, 0.25) is 0 Å². The summed E-state index contributed by atoms with van der Waals surface area (Å²) in [5, 5.41) is 14.3. The summed E-state index contributed by atoms with van der Waals surface area (Å²) in [6.07, 6.45) is 0. The van der Waals surface area contributed by atoms with Gasteiger partial charge in [-0.05, 0) is 44.5 Å². The first-order valence-corrected chi connectivity index (χ1v) is 8.10. The molecule has 22 heavy (non-hydrogen) atoms. The fourth-order valence-electron chi connectivity index (χ4n) is 2.32. The van der Waals surface area contributed by atoms with E-state index in [2.05, 4.69) is 46.5 Å². The molecule has 0 saturated heterocycles. The molecule has 1 unspecified atom stereocenters. The van der Waals surface area contributed by atoms with E-state index in [4.69, 9.17) is 0 Å². The highest BCUT2D eigenvalue weighted by Crippen LogP contribution is 2.33. The lowest BCUT2D eigenvalue weighted by Crippen LogP contribution is -2.03. The van der Waals surface area contributed by atoms with Gasteiger partial charge in [-0.15, -0.1) is 10.2 Å². The topological polar surface area (TPSA) is 43.6 Å². The van der Waals surface area contributed by atoms with Crippen LogP contribution in [0.15, 0.2) is 53.6 Å². The molecule has 5 heteroatoms. The number of benzene rings is 1. The summed E-state index contributed by atoms with van der Waals surface area (Å²) < 4.78 is 1.82. The lowest BCUT2D eigenvalue weighted by atomic mass is 10.2. The summed E-state index contributed by atoms with van der Waals surface area (Å²) in [6.45, 7) is 6.17. The Hall–Kier alpha value is -2.14. The number of aromatic nitrogens is 4. The number of nitrogens with zero attached hydrogens (tertiary/aromatic N) is 4. The van der Waals surface area contributed by atoms with E-state index in [1.807, 2.05) is 42.8 Å². The number of hydrogen-bond donors (Lipinski definition) is 0. The van der Waals surface area contributed by atoms with Crippen molar-refractivity contribution in [2.75, 3.05) is 0 Å². The molecule has 0 spiro atoms. The highest BCUT2D eigenvalue weighted by atomic mass is 32.2. The first-order chi connectivity index (χ1) is 10.6. The highest BCUT2D eigenvalue weighted by molar-refractivity contribution is 7.99. The molecule has 112 valence electrons. The van der Waals surface area contributed by atoms with Gasteiger partial charge in [0.1, 0.15) is 5.03 Å². The average Bonchev–Trinajstić information content (AvgIpc) is 2.87. The molecule has 0 aliphatic carbocycles. The Kier molecular flexibility index (Phi) is 4.24. The Bertz CT molecular complexity index is 750. The van der Waals surface area contributed by atoms with Crippen LogP contribution < -0.4 is 0 Å². The van der Waals surface area contributed by atoms with E-state index >= 15 is 0 Å². The monoisotopic (exact) mass is 310 g/mol. The SMILES string of the molecule is Cc1cc(C)n(-c2ccc(SC(C)c3ccccc3)nn2)n1. The van der Waals surface area contributed by atoms with Crippen molar-refractivity contribution >= 4 is 11.8 Å². The quantitative estimate of drug-likeness (QED) is 0.680. The van der Waals surface area contributed by atoms with Gasteiger partial charge in [-0.3, -0.25) is 0 Å². The van der Waals surface area contributed by atoms with Gasteiger partial charge in [0.05, 0.1) is 5.69 Å². The van der Waals surface area contributed by atoms with Crippen molar-refractivity contribution in [1.29, 1.82) is 0 Å². The van der Waals surface area contributed by atoms with Crippen LogP contribution in [0.3, 0.4) is 0 Å². The first kappa shape index (κ1) is 14.8. The predicted molar refractivity (Wildman–Crippen MR) is 89.3 cm³/mol. The summed E-state index contributed by atoms with van der Waals surface area (Å²) >= 11 is 1.71. The minimum atomic E-state index is 0.343. The molecule has 0 radical (unpaired) electrons. The number of aryl methyl sites for hydroxylation is 2. The summed E-state index contributed by atoms with van der Waals surface area (Å²) in [5.74, 6) is 0.752. The van der Waals surface area contributed by atoms with Gasteiger partial charge in [-0.1, -0.05) is 42.1 Å². The minimum absolute atomic E-state index is 0.343. The van der Waals surface area contributed by atoms with Crippen LogP contribution in [0, 0.1) is 13.8 Å². The molecule has 3 rings (SSSR count). The summed E-state index contributed by atoms with van der Waals surface area (Å²) in [7, 11) is 0. The third-order valence-corrected chi connectivity index (χ3v) is 4.50. The van der Waals surface area contributed by atoms with Gasteiger partial charge >= 0.3 is 0 Å². The predicted octanol–water partition coefficient (Wildman–Crippen LogP) is 4.13. The number of rotatable bonds is 4. The van der Waals surface area contributed by atoms with Crippen LogP contribution in [0.5, 0.6) is 0 Å². The Balaban J connectivity index is 1.76. The fourth-order valence-corrected chi connectivity index (χ4v) is 3.21. The molecule has 3 aromatic rings. The van der Waals surface area contributed by atoms with Crippen molar-refractivity contribution in [2.45, 2.75) is 31.0 Å². The van der Waals surface area contributed by atoms with E-state index < -0.39 is 0 Å². The van der Waals surface area contributed by atoms with Crippen molar-refractivity contribution in [3.05, 3.63) is 65.5 Å². The second-order valence-electron chi connectivity index (χ2n) is 5.24. The maximum atomic E-state index is 4.43. The molecule has 0 amide bonds.